The third-order valence-electron chi connectivity index (χ3n) is 2.97. The molecule has 0 unspecified atom stereocenters. The molecule has 20 heavy (non-hydrogen) atoms. The minimum Gasteiger partial charge on any atom is -0.398 e. The molecule has 0 spiro atoms. The molecule has 4 heteroatoms. The molecule has 104 valence electrons. The summed E-state index contributed by atoms with van der Waals surface area (Å²) >= 11 is 1.70. The second-order valence-electron chi connectivity index (χ2n) is 4.42. The van der Waals surface area contributed by atoms with Gasteiger partial charge in [0.1, 0.15) is 0 Å². The molecule has 0 heterocycles. The molecule has 0 saturated heterocycles. The van der Waals surface area contributed by atoms with Gasteiger partial charge in [0.25, 0.3) is 5.91 Å². The Hall–Kier alpha value is -1.94. The normalized spacial score (nSPS) is 10.3. The van der Waals surface area contributed by atoms with Crippen LogP contribution in [0.1, 0.15) is 22.8 Å². The zero-order chi connectivity index (χ0) is 14.5. The van der Waals surface area contributed by atoms with Crippen molar-refractivity contribution in [3.8, 4) is 0 Å². The Morgan fingerprint density at radius 1 is 1.20 bits per heavy atom. The van der Waals surface area contributed by atoms with E-state index in [1.807, 2.05) is 43.3 Å². The Balaban J connectivity index is 2.28. The first-order valence-electron chi connectivity index (χ1n) is 6.51. The maximum absolute atomic E-state index is 12.4. The van der Waals surface area contributed by atoms with E-state index in [0.717, 1.165) is 21.9 Å². The van der Waals surface area contributed by atoms with E-state index in [0.29, 0.717) is 11.3 Å². The lowest BCUT2D eigenvalue weighted by molar-refractivity contribution is 0.102. The number of rotatable bonds is 4. The number of benzene rings is 2. The summed E-state index contributed by atoms with van der Waals surface area (Å²) in [5, 5.41) is 2.95. The highest BCUT2D eigenvalue weighted by Crippen LogP contribution is 2.27. The fourth-order valence-corrected chi connectivity index (χ4v) is 2.80. The average molecular weight is 286 g/mol. The van der Waals surface area contributed by atoms with Crippen molar-refractivity contribution < 1.29 is 4.79 Å². The van der Waals surface area contributed by atoms with Gasteiger partial charge in [-0.25, -0.2) is 0 Å². The highest BCUT2D eigenvalue weighted by molar-refractivity contribution is 7.99. The van der Waals surface area contributed by atoms with Gasteiger partial charge in [0.15, 0.2) is 0 Å². The number of aryl methyl sites for hydroxylation is 1. The molecule has 3 nitrogen and oxygen atoms in total. The van der Waals surface area contributed by atoms with Crippen LogP contribution in [0.4, 0.5) is 11.4 Å². The van der Waals surface area contributed by atoms with Gasteiger partial charge in [-0.1, -0.05) is 31.2 Å². The van der Waals surface area contributed by atoms with Gasteiger partial charge in [0, 0.05) is 10.6 Å². The lowest BCUT2D eigenvalue weighted by atomic mass is 10.1. The fraction of sp³-hybridized carbons (Fsp3) is 0.188. The number of hydrogen-bond acceptors (Lipinski definition) is 3. The maximum Gasteiger partial charge on any atom is 0.258 e. The third kappa shape index (κ3) is 3.14. The highest BCUT2D eigenvalue weighted by atomic mass is 32.2. The molecule has 0 aromatic heterocycles. The SMILES string of the molecule is CCSc1ccccc1NC(=O)c1c(C)cccc1N. The van der Waals surface area contributed by atoms with Crippen LogP contribution >= 0.6 is 11.8 Å². The zero-order valence-corrected chi connectivity index (χ0v) is 12.5. The van der Waals surface area contributed by atoms with Gasteiger partial charge >= 0.3 is 0 Å². The summed E-state index contributed by atoms with van der Waals surface area (Å²) in [5.41, 5.74) is 8.66. The molecule has 0 saturated carbocycles. The molecule has 1 amide bonds. The Bertz CT molecular complexity index is 605. The predicted molar refractivity (Wildman–Crippen MR) is 86.4 cm³/mol. The number of carbonyl (C=O) groups excluding carboxylic acids is 1. The van der Waals surface area contributed by atoms with Gasteiger partial charge in [-0.3, -0.25) is 4.79 Å². The Labute approximate surface area is 123 Å². The van der Waals surface area contributed by atoms with Crippen LogP contribution in [0.3, 0.4) is 0 Å². The summed E-state index contributed by atoms with van der Waals surface area (Å²) in [6.07, 6.45) is 0. The van der Waals surface area contributed by atoms with Gasteiger partial charge in [-0.05, 0) is 36.4 Å². The maximum atomic E-state index is 12.4. The molecule has 0 atom stereocenters. The standard InChI is InChI=1S/C16H18N2OS/c1-3-20-14-10-5-4-9-13(14)18-16(19)15-11(2)7-6-8-12(15)17/h4-10H,3,17H2,1-2H3,(H,18,19). The van der Waals surface area contributed by atoms with Crippen LogP contribution in [0.5, 0.6) is 0 Å². The van der Waals surface area contributed by atoms with E-state index in [1.165, 1.54) is 0 Å². The zero-order valence-electron chi connectivity index (χ0n) is 11.6. The number of anilines is 2. The molecular weight excluding hydrogens is 268 g/mol. The summed E-state index contributed by atoms with van der Waals surface area (Å²) in [6, 6.07) is 13.3. The van der Waals surface area contributed by atoms with Crippen molar-refractivity contribution >= 4 is 29.0 Å². The van der Waals surface area contributed by atoms with E-state index in [1.54, 1.807) is 17.8 Å². The number of hydrogen-bond donors (Lipinski definition) is 2. The van der Waals surface area contributed by atoms with Gasteiger partial charge < -0.3 is 11.1 Å². The number of amides is 1. The Kier molecular flexibility index (Phi) is 4.69. The minimum atomic E-state index is -0.162. The number of nitrogens with one attached hydrogen (secondary N) is 1. The van der Waals surface area contributed by atoms with Crippen molar-refractivity contribution in [1.29, 1.82) is 0 Å². The van der Waals surface area contributed by atoms with Crippen LogP contribution in [-0.2, 0) is 0 Å². The summed E-state index contributed by atoms with van der Waals surface area (Å²) in [5.74, 6) is 0.795. The van der Waals surface area contributed by atoms with Gasteiger partial charge in [-0.15, -0.1) is 11.8 Å². The second kappa shape index (κ2) is 6.48. The second-order valence-corrected chi connectivity index (χ2v) is 5.73. The third-order valence-corrected chi connectivity index (χ3v) is 3.92. The van der Waals surface area contributed by atoms with E-state index < -0.39 is 0 Å². The number of para-hydroxylation sites is 1. The van der Waals surface area contributed by atoms with Crippen molar-refractivity contribution in [2.45, 2.75) is 18.7 Å². The summed E-state index contributed by atoms with van der Waals surface area (Å²) in [7, 11) is 0. The van der Waals surface area contributed by atoms with Crippen molar-refractivity contribution in [2.75, 3.05) is 16.8 Å². The van der Waals surface area contributed by atoms with Crippen LogP contribution in [0, 0.1) is 6.92 Å². The van der Waals surface area contributed by atoms with Crippen LogP contribution in [0.15, 0.2) is 47.4 Å². The molecule has 2 aromatic carbocycles. The van der Waals surface area contributed by atoms with Crippen molar-refractivity contribution in [2.24, 2.45) is 0 Å². The highest BCUT2D eigenvalue weighted by Gasteiger charge is 2.14. The van der Waals surface area contributed by atoms with Crippen LogP contribution in [0.2, 0.25) is 0 Å². The van der Waals surface area contributed by atoms with E-state index in [4.69, 9.17) is 5.73 Å². The summed E-state index contributed by atoms with van der Waals surface area (Å²) in [6.45, 7) is 3.97. The first kappa shape index (κ1) is 14.5. The van der Waals surface area contributed by atoms with Crippen molar-refractivity contribution in [1.82, 2.24) is 0 Å². The number of carbonyl (C=O) groups is 1. The lowest BCUT2D eigenvalue weighted by Gasteiger charge is -2.12. The summed E-state index contributed by atoms with van der Waals surface area (Å²) < 4.78 is 0. The minimum absolute atomic E-state index is 0.162. The number of thioether (sulfide) groups is 1. The largest absolute Gasteiger partial charge is 0.398 e. The van der Waals surface area contributed by atoms with Crippen molar-refractivity contribution in [3.05, 3.63) is 53.6 Å². The molecule has 2 rings (SSSR count). The van der Waals surface area contributed by atoms with E-state index in [-0.39, 0.29) is 5.91 Å². The molecule has 0 aliphatic heterocycles. The average Bonchev–Trinajstić information content (AvgIpc) is 2.41. The van der Waals surface area contributed by atoms with E-state index in [9.17, 15) is 4.79 Å². The number of nitrogens with two attached hydrogens (primary N) is 1. The lowest BCUT2D eigenvalue weighted by Crippen LogP contribution is -2.16. The number of nitrogen functional groups attached to an aromatic ring is 1. The Morgan fingerprint density at radius 2 is 1.95 bits per heavy atom. The topological polar surface area (TPSA) is 55.1 Å². The smallest absolute Gasteiger partial charge is 0.258 e. The molecular formula is C16H18N2OS. The van der Waals surface area contributed by atoms with Crippen LogP contribution in [-0.4, -0.2) is 11.7 Å². The van der Waals surface area contributed by atoms with Crippen molar-refractivity contribution in [3.63, 3.8) is 0 Å². The Morgan fingerprint density at radius 3 is 2.65 bits per heavy atom. The monoisotopic (exact) mass is 286 g/mol. The quantitative estimate of drug-likeness (QED) is 0.661. The van der Waals surface area contributed by atoms with Gasteiger partial charge in [0.05, 0.1) is 11.3 Å². The van der Waals surface area contributed by atoms with Crippen LogP contribution in [0.25, 0.3) is 0 Å². The van der Waals surface area contributed by atoms with E-state index in [2.05, 4.69) is 12.2 Å². The molecule has 0 radical (unpaired) electrons. The molecule has 0 aliphatic carbocycles. The van der Waals surface area contributed by atoms with Gasteiger partial charge in [-0.2, -0.15) is 0 Å². The molecule has 0 aliphatic rings. The summed E-state index contributed by atoms with van der Waals surface area (Å²) in [4.78, 5) is 13.5. The predicted octanol–water partition coefficient (Wildman–Crippen LogP) is 3.94. The fourth-order valence-electron chi connectivity index (χ4n) is 2.04. The molecule has 0 fully saturated rings. The molecule has 0 bridgehead atoms. The molecule has 3 N–H and O–H groups in total. The van der Waals surface area contributed by atoms with E-state index >= 15 is 0 Å². The van der Waals surface area contributed by atoms with Gasteiger partial charge in [0.2, 0.25) is 0 Å². The first-order chi connectivity index (χ1) is 9.63. The molecule has 2 aromatic rings. The van der Waals surface area contributed by atoms with Crippen LogP contribution < -0.4 is 11.1 Å². The first-order valence-corrected chi connectivity index (χ1v) is 7.50.